The number of amides is 1. The SMILES string of the molecule is C[Si](C)(C)CCOC(=O)CC1CCC(C(N)=O)CC1. The molecule has 0 aromatic heterocycles. The summed E-state index contributed by atoms with van der Waals surface area (Å²) in [5.74, 6) is 0.103. The molecule has 1 aliphatic rings. The van der Waals surface area contributed by atoms with Gasteiger partial charge in [0.25, 0.3) is 0 Å². The minimum Gasteiger partial charge on any atom is -0.466 e. The molecule has 0 bridgehead atoms. The van der Waals surface area contributed by atoms with Gasteiger partial charge in [0.2, 0.25) is 5.91 Å². The van der Waals surface area contributed by atoms with Gasteiger partial charge in [0, 0.05) is 20.4 Å². The maximum absolute atomic E-state index is 11.7. The third kappa shape index (κ3) is 6.75. The number of carbonyl (C=O) groups excluding carboxylic acids is 2. The molecule has 1 amide bonds. The van der Waals surface area contributed by atoms with Crippen LogP contribution in [0, 0.1) is 11.8 Å². The Morgan fingerprint density at radius 2 is 1.74 bits per heavy atom. The summed E-state index contributed by atoms with van der Waals surface area (Å²) in [5.41, 5.74) is 5.29. The Kier molecular flexibility index (Phi) is 6.04. The number of hydrogen-bond donors (Lipinski definition) is 1. The number of carbonyl (C=O) groups is 2. The summed E-state index contributed by atoms with van der Waals surface area (Å²) >= 11 is 0. The van der Waals surface area contributed by atoms with Crippen LogP contribution in [0.15, 0.2) is 0 Å². The Bertz CT molecular complexity index is 317. The standard InChI is InChI=1S/C14H27NO3Si/c1-19(2,3)9-8-18-13(16)10-11-4-6-12(7-5-11)14(15)17/h11-12H,4-10H2,1-3H3,(H2,15,17). The van der Waals surface area contributed by atoms with Crippen molar-refractivity contribution in [1.29, 1.82) is 0 Å². The highest BCUT2D eigenvalue weighted by atomic mass is 28.3. The molecule has 0 saturated heterocycles. The zero-order valence-electron chi connectivity index (χ0n) is 12.4. The van der Waals surface area contributed by atoms with E-state index in [1.807, 2.05) is 0 Å². The summed E-state index contributed by atoms with van der Waals surface area (Å²) in [5, 5.41) is 0. The van der Waals surface area contributed by atoms with Crippen LogP contribution in [-0.4, -0.2) is 26.6 Å². The van der Waals surface area contributed by atoms with Crippen molar-refractivity contribution in [2.45, 2.75) is 57.8 Å². The van der Waals surface area contributed by atoms with Crippen molar-refractivity contribution in [2.24, 2.45) is 17.6 Å². The first kappa shape index (κ1) is 16.2. The molecule has 0 heterocycles. The van der Waals surface area contributed by atoms with Crippen molar-refractivity contribution in [3.63, 3.8) is 0 Å². The number of esters is 1. The monoisotopic (exact) mass is 285 g/mol. The van der Waals surface area contributed by atoms with Crippen LogP contribution in [0.3, 0.4) is 0 Å². The summed E-state index contributed by atoms with van der Waals surface area (Å²) in [6.45, 7) is 7.37. The van der Waals surface area contributed by atoms with Gasteiger partial charge in [0.05, 0.1) is 6.61 Å². The van der Waals surface area contributed by atoms with Crippen molar-refractivity contribution in [3.8, 4) is 0 Å². The van der Waals surface area contributed by atoms with Crippen LogP contribution < -0.4 is 5.73 Å². The van der Waals surface area contributed by atoms with Gasteiger partial charge < -0.3 is 10.5 Å². The number of nitrogens with two attached hydrogens (primary N) is 1. The molecule has 0 aromatic carbocycles. The molecule has 5 heteroatoms. The van der Waals surface area contributed by atoms with Gasteiger partial charge in [-0.15, -0.1) is 0 Å². The molecule has 0 spiro atoms. The minimum atomic E-state index is -1.13. The lowest BCUT2D eigenvalue weighted by Gasteiger charge is -2.26. The lowest BCUT2D eigenvalue weighted by molar-refractivity contribution is -0.144. The Morgan fingerprint density at radius 3 is 2.21 bits per heavy atom. The number of primary amides is 1. The van der Waals surface area contributed by atoms with Crippen molar-refractivity contribution in [2.75, 3.05) is 6.61 Å². The van der Waals surface area contributed by atoms with Crippen LogP contribution >= 0.6 is 0 Å². The maximum Gasteiger partial charge on any atom is 0.306 e. The van der Waals surface area contributed by atoms with Gasteiger partial charge in [-0.3, -0.25) is 9.59 Å². The molecule has 1 aliphatic carbocycles. The van der Waals surface area contributed by atoms with Crippen molar-refractivity contribution in [1.82, 2.24) is 0 Å². The topological polar surface area (TPSA) is 69.4 Å². The second kappa shape index (κ2) is 7.08. The molecule has 110 valence electrons. The lowest BCUT2D eigenvalue weighted by Crippen LogP contribution is -2.28. The van der Waals surface area contributed by atoms with E-state index in [1.165, 1.54) is 0 Å². The van der Waals surface area contributed by atoms with Gasteiger partial charge >= 0.3 is 5.97 Å². The molecule has 4 nitrogen and oxygen atoms in total. The van der Waals surface area contributed by atoms with E-state index in [0.29, 0.717) is 18.9 Å². The normalized spacial score (nSPS) is 23.9. The summed E-state index contributed by atoms with van der Waals surface area (Å²) in [7, 11) is -1.13. The fourth-order valence-electron chi connectivity index (χ4n) is 2.42. The Labute approximate surface area is 117 Å². The molecule has 1 saturated carbocycles. The largest absolute Gasteiger partial charge is 0.466 e. The quantitative estimate of drug-likeness (QED) is 0.602. The molecule has 0 aromatic rings. The number of hydrogen-bond acceptors (Lipinski definition) is 3. The van der Waals surface area contributed by atoms with Crippen LogP contribution in [0.5, 0.6) is 0 Å². The molecule has 2 N–H and O–H groups in total. The van der Waals surface area contributed by atoms with Crippen LogP contribution in [0.25, 0.3) is 0 Å². The molecule has 0 unspecified atom stereocenters. The first-order valence-electron chi connectivity index (χ1n) is 7.23. The van der Waals surface area contributed by atoms with Crippen LogP contribution in [0.1, 0.15) is 32.1 Å². The summed E-state index contributed by atoms with van der Waals surface area (Å²) < 4.78 is 5.30. The van der Waals surface area contributed by atoms with Crippen molar-refractivity contribution >= 4 is 20.0 Å². The van der Waals surface area contributed by atoms with Gasteiger partial charge in [-0.1, -0.05) is 19.6 Å². The maximum atomic E-state index is 11.7. The van der Waals surface area contributed by atoms with Crippen molar-refractivity contribution in [3.05, 3.63) is 0 Å². The molecular formula is C14H27NO3Si. The molecule has 1 fully saturated rings. The van der Waals surface area contributed by atoms with E-state index in [0.717, 1.165) is 31.7 Å². The fourth-order valence-corrected chi connectivity index (χ4v) is 3.13. The lowest BCUT2D eigenvalue weighted by atomic mass is 9.80. The third-order valence-corrected chi connectivity index (χ3v) is 5.52. The highest BCUT2D eigenvalue weighted by Gasteiger charge is 2.26. The Balaban J connectivity index is 2.18. The zero-order chi connectivity index (χ0) is 14.5. The van der Waals surface area contributed by atoms with Gasteiger partial charge in [0.15, 0.2) is 0 Å². The van der Waals surface area contributed by atoms with E-state index >= 15 is 0 Å². The third-order valence-electron chi connectivity index (χ3n) is 3.82. The Morgan fingerprint density at radius 1 is 1.16 bits per heavy atom. The average molecular weight is 285 g/mol. The van der Waals surface area contributed by atoms with Crippen LogP contribution in [0.2, 0.25) is 25.7 Å². The Hall–Kier alpha value is -0.843. The fraction of sp³-hybridized carbons (Fsp3) is 0.857. The second-order valence-corrected chi connectivity index (χ2v) is 12.5. The average Bonchev–Trinajstić information content (AvgIpc) is 2.27. The van der Waals surface area contributed by atoms with E-state index in [2.05, 4.69) is 19.6 Å². The smallest absolute Gasteiger partial charge is 0.306 e. The molecule has 0 atom stereocenters. The van der Waals surface area contributed by atoms with E-state index in [4.69, 9.17) is 10.5 Å². The summed E-state index contributed by atoms with van der Waals surface area (Å²) in [4.78, 5) is 22.8. The van der Waals surface area contributed by atoms with Crippen LogP contribution in [0.4, 0.5) is 0 Å². The van der Waals surface area contributed by atoms with E-state index in [1.54, 1.807) is 0 Å². The molecule has 1 rings (SSSR count). The van der Waals surface area contributed by atoms with Gasteiger partial charge in [-0.25, -0.2) is 0 Å². The highest BCUT2D eigenvalue weighted by molar-refractivity contribution is 6.76. The van der Waals surface area contributed by atoms with Gasteiger partial charge in [-0.2, -0.15) is 0 Å². The highest BCUT2D eigenvalue weighted by Crippen LogP contribution is 2.30. The summed E-state index contributed by atoms with van der Waals surface area (Å²) in [6, 6.07) is 1.02. The molecule has 0 aliphatic heterocycles. The van der Waals surface area contributed by atoms with E-state index in [9.17, 15) is 9.59 Å². The van der Waals surface area contributed by atoms with E-state index in [-0.39, 0.29) is 17.8 Å². The van der Waals surface area contributed by atoms with Gasteiger partial charge in [-0.05, 0) is 37.6 Å². The summed E-state index contributed by atoms with van der Waals surface area (Å²) in [6.07, 6.45) is 3.97. The second-order valence-electron chi connectivity index (χ2n) is 6.86. The molecule has 0 radical (unpaired) electrons. The predicted octanol–water partition coefficient (Wildman–Crippen LogP) is 2.55. The minimum absolute atomic E-state index is 0.0131. The van der Waals surface area contributed by atoms with Crippen molar-refractivity contribution < 1.29 is 14.3 Å². The van der Waals surface area contributed by atoms with E-state index < -0.39 is 8.07 Å². The first-order valence-corrected chi connectivity index (χ1v) is 10.9. The molecule has 19 heavy (non-hydrogen) atoms. The number of ether oxygens (including phenoxy) is 1. The number of rotatable bonds is 6. The zero-order valence-corrected chi connectivity index (χ0v) is 13.4. The van der Waals surface area contributed by atoms with Crippen LogP contribution in [-0.2, 0) is 14.3 Å². The molecular weight excluding hydrogens is 258 g/mol. The predicted molar refractivity (Wildman–Crippen MR) is 78.4 cm³/mol. The van der Waals surface area contributed by atoms with Gasteiger partial charge in [0.1, 0.15) is 0 Å². The first-order chi connectivity index (χ1) is 8.78.